The molecule has 1 amide bonds. The van der Waals surface area contributed by atoms with E-state index in [2.05, 4.69) is 10.5 Å². The lowest BCUT2D eigenvalue weighted by Crippen LogP contribution is -2.52. The molecule has 102 valence electrons. The van der Waals surface area contributed by atoms with Crippen molar-refractivity contribution in [2.75, 3.05) is 6.54 Å². The Morgan fingerprint density at radius 3 is 2.44 bits per heavy atom. The molecule has 5 heteroatoms. The molecule has 2 aliphatic rings. The second-order valence-electron chi connectivity index (χ2n) is 5.63. The third kappa shape index (κ3) is 2.44. The average Bonchev–Trinajstić information content (AvgIpc) is 2.36. The topological polar surface area (TPSA) is 87.7 Å². The standard InChI is InChI=1S/C13H23N3O2/c14-11(16-18)13(7-2-1-3-8-13)12(17)15-9-10-5-4-6-10/h10,18H,1-9H2,(H2,14,16)(H,15,17). The smallest absolute Gasteiger partial charge is 0.233 e. The molecule has 0 atom stereocenters. The van der Waals surface area contributed by atoms with E-state index >= 15 is 0 Å². The van der Waals surface area contributed by atoms with Crippen molar-refractivity contribution in [2.45, 2.75) is 51.4 Å². The number of carbonyl (C=O) groups is 1. The van der Waals surface area contributed by atoms with Gasteiger partial charge in [-0.2, -0.15) is 0 Å². The number of oxime groups is 1. The van der Waals surface area contributed by atoms with Crippen molar-refractivity contribution in [3.8, 4) is 0 Å². The van der Waals surface area contributed by atoms with Gasteiger partial charge in [-0.3, -0.25) is 4.79 Å². The fraction of sp³-hybridized carbons (Fsp3) is 0.846. The fourth-order valence-electron chi connectivity index (χ4n) is 2.95. The Balaban J connectivity index is 2.00. The van der Waals surface area contributed by atoms with Gasteiger partial charge < -0.3 is 16.3 Å². The van der Waals surface area contributed by atoms with Gasteiger partial charge in [0.25, 0.3) is 0 Å². The first-order valence-electron chi connectivity index (χ1n) is 6.95. The van der Waals surface area contributed by atoms with Gasteiger partial charge in [0.05, 0.1) is 0 Å². The Bertz CT molecular complexity index is 331. The lowest BCUT2D eigenvalue weighted by molar-refractivity contribution is -0.129. The predicted octanol–water partition coefficient (Wildman–Crippen LogP) is 1.60. The first-order chi connectivity index (χ1) is 8.69. The first-order valence-corrected chi connectivity index (χ1v) is 6.95. The summed E-state index contributed by atoms with van der Waals surface area (Å²) in [5, 5.41) is 15.0. The van der Waals surface area contributed by atoms with Crippen LogP contribution in [0.15, 0.2) is 5.16 Å². The first kappa shape index (κ1) is 13.2. The largest absolute Gasteiger partial charge is 0.409 e. The average molecular weight is 253 g/mol. The van der Waals surface area contributed by atoms with E-state index in [1.54, 1.807) is 0 Å². The Morgan fingerprint density at radius 2 is 1.94 bits per heavy atom. The molecule has 2 rings (SSSR count). The lowest BCUT2D eigenvalue weighted by Gasteiger charge is -2.35. The van der Waals surface area contributed by atoms with Crippen LogP contribution in [0.4, 0.5) is 0 Å². The predicted molar refractivity (Wildman–Crippen MR) is 69.3 cm³/mol. The van der Waals surface area contributed by atoms with Crippen LogP contribution < -0.4 is 11.1 Å². The molecular formula is C13H23N3O2. The van der Waals surface area contributed by atoms with Crippen molar-refractivity contribution in [2.24, 2.45) is 22.2 Å². The van der Waals surface area contributed by atoms with Gasteiger partial charge in [-0.05, 0) is 31.6 Å². The van der Waals surface area contributed by atoms with Crippen molar-refractivity contribution < 1.29 is 10.0 Å². The lowest BCUT2D eigenvalue weighted by atomic mass is 9.72. The van der Waals surface area contributed by atoms with Crippen LogP contribution in [0.1, 0.15) is 51.4 Å². The number of nitrogens with zero attached hydrogens (tertiary/aromatic N) is 1. The highest BCUT2D eigenvalue weighted by Crippen LogP contribution is 2.37. The molecule has 0 radical (unpaired) electrons. The number of carbonyl (C=O) groups excluding carboxylic acids is 1. The maximum Gasteiger partial charge on any atom is 0.233 e. The molecule has 0 saturated heterocycles. The molecule has 0 aromatic carbocycles. The van der Waals surface area contributed by atoms with Gasteiger partial charge in [-0.15, -0.1) is 0 Å². The molecule has 2 fully saturated rings. The molecule has 2 saturated carbocycles. The van der Waals surface area contributed by atoms with E-state index in [4.69, 9.17) is 10.9 Å². The molecule has 0 aromatic heterocycles. The normalized spacial score (nSPS) is 24.3. The van der Waals surface area contributed by atoms with Crippen LogP contribution in [0.3, 0.4) is 0 Å². The number of hydrogen-bond acceptors (Lipinski definition) is 3. The van der Waals surface area contributed by atoms with Gasteiger partial charge in [0.15, 0.2) is 5.84 Å². The summed E-state index contributed by atoms with van der Waals surface area (Å²) in [6.45, 7) is 0.735. The maximum absolute atomic E-state index is 12.4. The van der Waals surface area contributed by atoms with E-state index in [0.717, 1.165) is 25.8 Å². The minimum Gasteiger partial charge on any atom is -0.409 e. The molecule has 18 heavy (non-hydrogen) atoms. The van der Waals surface area contributed by atoms with E-state index in [1.165, 1.54) is 19.3 Å². The van der Waals surface area contributed by atoms with E-state index in [-0.39, 0.29) is 11.7 Å². The van der Waals surface area contributed by atoms with Crippen LogP contribution >= 0.6 is 0 Å². The second-order valence-corrected chi connectivity index (χ2v) is 5.63. The molecular weight excluding hydrogens is 230 g/mol. The highest BCUT2D eigenvalue weighted by molar-refractivity contribution is 6.06. The highest BCUT2D eigenvalue weighted by Gasteiger charge is 2.43. The molecule has 2 aliphatic carbocycles. The third-order valence-electron chi connectivity index (χ3n) is 4.52. The van der Waals surface area contributed by atoms with Gasteiger partial charge in [0, 0.05) is 6.54 Å². The summed E-state index contributed by atoms with van der Waals surface area (Å²) in [7, 11) is 0. The quantitative estimate of drug-likeness (QED) is 0.308. The van der Waals surface area contributed by atoms with Crippen LogP contribution in [0.2, 0.25) is 0 Å². The summed E-state index contributed by atoms with van der Waals surface area (Å²) in [6, 6.07) is 0. The molecule has 0 unspecified atom stereocenters. The monoisotopic (exact) mass is 253 g/mol. The Labute approximate surface area is 108 Å². The van der Waals surface area contributed by atoms with Gasteiger partial charge >= 0.3 is 0 Å². The Hall–Kier alpha value is -1.26. The number of rotatable bonds is 4. The van der Waals surface area contributed by atoms with E-state index in [1.807, 2.05) is 0 Å². The van der Waals surface area contributed by atoms with Gasteiger partial charge in [0.2, 0.25) is 5.91 Å². The molecule has 4 N–H and O–H groups in total. The number of nitrogens with two attached hydrogens (primary N) is 1. The fourth-order valence-corrected chi connectivity index (χ4v) is 2.95. The zero-order valence-corrected chi connectivity index (χ0v) is 10.8. The summed E-state index contributed by atoms with van der Waals surface area (Å²) in [5.41, 5.74) is 5.01. The highest BCUT2D eigenvalue weighted by atomic mass is 16.4. The van der Waals surface area contributed by atoms with Crippen LogP contribution in [-0.2, 0) is 4.79 Å². The maximum atomic E-state index is 12.4. The van der Waals surface area contributed by atoms with Gasteiger partial charge in [-0.25, -0.2) is 0 Å². The Kier molecular flexibility index (Phi) is 4.09. The van der Waals surface area contributed by atoms with Crippen molar-refractivity contribution in [3.63, 3.8) is 0 Å². The summed E-state index contributed by atoms with van der Waals surface area (Å²) in [4.78, 5) is 12.4. The minimum atomic E-state index is -0.767. The van der Waals surface area contributed by atoms with Crippen LogP contribution in [-0.4, -0.2) is 23.5 Å². The summed E-state index contributed by atoms with van der Waals surface area (Å²) < 4.78 is 0. The number of nitrogens with one attached hydrogen (secondary N) is 1. The number of amides is 1. The number of hydrogen-bond donors (Lipinski definition) is 3. The van der Waals surface area contributed by atoms with Crippen molar-refractivity contribution >= 4 is 11.7 Å². The molecule has 0 spiro atoms. The Morgan fingerprint density at radius 1 is 1.28 bits per heavy atom. The number of amidine groups is 1. The third-order valence-corrected chi connectivity index (χ3v) is 4.52. The van der Waals surface area contributed by atoms with Crippen molar-refractivity contribution in [3.05, 3.63) is 0 Å². The summed E-state index contributed by atoms with van der Waals surface area (Å²) in [6.07, 6.45) is 8.12. The van der Waals surface area contributed by atoms with Gasteiger partial charge in [0.1, 0.15) is 5.41 Å². The van der Waals surface area contributed by atoms with E-state index in [0.29, 0.717) is 18.8 Å². The zero-order chi connectivity index (χ0) is 13.0. The van der Waals surface area contributed by atoms with Crippen LogP contribution in [0.25, 0.3) is 0 Å². The SMILES string of the molecule is NC(=NO)C1(C(=O)NCC2CCC2)CCCCC1. The van der Waals surface area contributed by atoms with E-state index in [9.17, 15) is 4.79 Å². The van der Waals surface area contributed by atoms with Crippen LogP contribution in [0.5, 0.6) is 0 Å². The van der Waals surface area contributed by atoms with E-state index < -0.39 is 5.41 Å². The molecule has 0 heterocycles. The molecule has 0 aliphatic heterocycles. The van der Waals surface area contributed by atoms with Gasteiger partial charge in [-0.1, -0.05) is 30.8 Å². The molecule has 0 bridgehead atoms. The molecule has 5 nitrogen and oxygen atoms in total. The minimum absolute atomic E-state index is 0.0515. The van der Waals surface area contributed by atoms with Crippen LogP contribution in [0, 0.1) is 11.3 Å². The molecule has 0 aromatic rings. The second kappa shape index (κ2) is 5.59. The van der Waals surface area contributed by atoms with Crippen molar-refractivity contribution in [1.29, 1.82) is 0 Å². The summed E-state index contributed by atoms with van der Waals surface area (Å²) in [5.74, 6) is 0.652. The summed E-state index contributed by atoms with van der Waals surface area (Å²) >= 11 is 0. The zero-order valence-electron chi connectivity index (χ0n) is 10.8. The van der Waals surface area contributed by atoms with Crippen molar-refractivity contribution in [1.82, 2.24) is 5.32 Å².